The summed E-state index contributed by atoms with van der Waals surface area (Å²) in [5, 5.41) is 3.64. The summed E-state index contributed by atoms with van der Waals surface area (Å²) in [7, 11) is 0. The highest BCUT2D eigenvalue weighted by Gasteiger charge is 2.19. The van der Waals surface area contributed by atoms with E-state index in [-0.39, 0.29) is 0 Å². The van der Waals surface area contributed by atoms with Gasteiger partial charge in [0.25, 0.3) is 0 Å². The summed E-state index contributed by atoms with van der Waals surface area (Å²) in [6.07, 6.45) is 3.49. The van der Waals surface area contributed by atoms with Gasteiger partial charge in [-0.15, -0.1) is 0 Å². The number of fused-ring (bicyclic) bond motifs is 1. The molecule has 0 saturated heterocycles. The van der Waals surface area contributed by atoms with Gasteiger partial charge in [-0.2, -0.15) is 0 Å². The Morgan fingerprint density at radius 3 is 2.89 bits per heavy atom. The Bertz CT molecular complexity index is 419. The normalized spacial score (nSPS) is 19.1. The molecule has 1 aliphatic heterocycles. The summed E-state index contributed by atoms with van der Waals surface area (Å²) in [4.78, 5) is 2.50. The molecule has 0 radical (unpaired) electrons. The molecule has 2 rings (SSSR count). The Morgan fingerprint density at radius 1 is 1.39 bits per heavy atom. The molecule has 1 N–H and O–H groups in total. The molecule has 0 saturated carbocycles. The molecule has 1 unspecified atom stereocenters. The molecule has 1 aromatic rings. The SMILES string of the molecule is CCC1CN(CC=C(C)C)c2ccccc2CN1. The Kier molecular flexibility index (Phi) is 4.43. The largest absolute Gasteiger partial charge is 0.366 e. The van der Waals surface area contributed by atoms with Gasteiger partial charge in [0.05, 0.1) is 0 Å². The first kappa shape index (κ1) is 13.2. The van der Waals surface area contributed by atoms with Crippen molar-refractivity contribution in [1.29, 1.82) is 0 Å². The molecule has 98 valence electrons. The lowest BCUT2D eigenvalue weighted by Gasteiger charge is -2.26. The second-order valence-electron chi connectivity index (χ2n) is 5.30. The van der Waals surface area contributed by atoms with Crippen LogP contribution >= 0.6 is 0 Å². The molecule has 0 amide bonds. The van der Waals surface area contributed by atoms with Crippen LogP contribution in [-0.4, -0.2) is 19.1 Å². The summed E-state index contributed by atoms with van der Waals surface area (Å²) in [5.74, 6) is 0. The average molecular weight is 244 g/mol. The number of hydrogen-bond donors (Lipinski definition) is 1. The Labute approximate surface area is 111 Å². The minimum absolute atomic E-state index is 0.586. The van der Waals surface area contributed by atoms with Gasteiger partial charge in [0, 0.05) is 31.4 Å². The molecule has 2 nitrogen and oxygen atoms in total. The van der Waals surface area contributed by atoms with Crippen molar-refractivity contribution in [3.05, 3.63) is 41.5 Å². The average Bonchev–Trinajstić information content (AvgIpc) is 2.56. The summed E-state index contributed by atoms with van der Waals surface area (Å²) in [6.45, 7) is 9.68. The topological polar surface area (TPSA) is 15.3 Å². The third kappa shape index (κ3) is 3.14. The monoisotopic (exact) mass is 244 g/mol. The van der Waals surface area contributed by atoms with E-state index in [0.29, 0.717) is 6.04 Å². The highest BCUT2D eigenvalue weighted by molar-refractivity contribution is 5.55. The second kappa shape index (κ2) is 6.05. The fourth-order valence-electron chi connectivity index (χ4n) is 2.39. The zero-order valence-electron chi connectivity index (χ0n) is 11.7. The maximum atomic E-state index is 3.64. The number of hydrogen-bond acceptors (Lipinski definition) is 2. The lowest BCUT2D eigenvalue weighted by molar-refractivity contribution is 0.507. The van der Waals surface area contributed by atoms with Gasteiger partial charge in [-0.3, -0.25) is 0 Å². The van der Waals surface area contributed by atoms with Crippen molar-refractivity contribution < 1.29 is 0 Å². The van der Waals surface area contributed by atoms with Gasteiger partial charge in [0.2, 0.25) is 0 Å². The molecule has 1 aliphatic rings. The summed E-state index contributed by atoms with van der Waals surface area (Å²) >= 11 is 0. The van der Waals surface area contributed by atoms with Gasteiger partial charge in [0.15, 0.2) is 0 Å². The fourth-order valence-corrected chi connectivity index (χ4v) is 2.39. The van der Waals surface area contributed by atoms with E-state index >= 15 is 0 Å². The van der Waals surface area contributed by atoms with Crippen LogP contribution in [-0.2, 0) is 6.54 Å². The molecule has 0 spiro atoms. The maximum Gasteiger partial charge on any atom is 0.0415 e. The van der Waals surface area contributed by atoms with E-state index in [1.807, 2.05) is 0 Å². The molecular weight excluding hydrogens is 220 g/mol. The number of para-hydroxylation sites is 1. The zero-order chi connectivity index (χ0) is 13.0. The molecule has 1 aromatic carbocycles. The van der Waals surface area contributed by atoms with Gasteiger partial charge in [-0.1, -0.05) is 36.8 Å². The van der Waals surface area contributed by atoms with Crippen molar-refractivity contribution in [3.63, 3.8) is 0 Å². The number of rotatable bonds is 3. The molecule has 0 aliphatic carbocycles. The number of allylic oxidation sites excluding steroid dienone is 1. The van der Waals surface area contributed by atoms with Crippen LogP contribution < -0.4 is 10.2 Å². The first-order valence-corrected chi connectivity index (χ1v) is 6.90. The molecule has 0 aromatic heterocycles. The quantitative estimate of drug-likeness (QED) is 0.820. The molecule has 1 heterocycles. The standard InChI is InChI=1S/C16H24N2/c1-4-15-12-18(10-9-13(2)3)16-8-6-5-7-14(16)11-17-15/h5-9,15,17H,4,10-12H2,1-3H3. The molecule has 18 heavy (non-hydrogen) atoms. The van der Waals surface area contributed by atoms with E-state index in [4.69, 9.17) is 0 Å². The number of nitrogens with one attached hydrogen (secondary N) is 1. The first-order chi connectivity index (χ1) is 8.70. The van der Waals surface area contributed by atoms with Gasteiger partial charge in [0.1, 0.15) is 0 Å². The fraction of sp³-hybridized carbons (Fsp3) is 0.500. The van der Waals surface area contributed by atoms with Gasteiger partial charge in [-0.25, -0.2) is 0 Å². The smallest absolute Gasteiger partial charge is 0.0415 e. The number of benzene rings is 1. The van der Waals surface area contributed by atoms with Crippen molar-refractivity contribution >= 4 is 5.69 Å². The Balaban J connectivity index is 2.25. The molecule has 0 fully saturated rings. The van der Waals surface area contributed by atoms with Crippen LogP contribution in [0.15, 0.2) is 35.9 Å². The van der Waals surface area contributed by atoms with Gasteiger partial charge in [-0.05, 0) is 31.9 Å². The van der Waals surface area contributed by atoms with E-state index in [1.165, 1.54) is 23.2 Å². The maximum absolute atomic E-state index is 3.64. The van der Waals surface area contributed by atoms with Crippen LogP contribution in [0.4, 0.5) is 5.69 Å². The van der Waals surface area contributed by atoms with E-state index in [1.54, 1.807) is 0 Å². The Hall–Kier alpha value is -1.28. The van der Waals surface area contributed by atoms with Crippen molar-refractivity contribution in [2.24, 2.45) is 0 Å². The van der Waals surface area contributed by atoms with Crippen LogP contribution in [0.3, 0.4) is 0 Å². The van der Waals surface area contributed by atoms with Gasteiger partial charge < -0.3 is 10.2 Å². The van der Waals surface area contributed by atoms with E-state index in [2.05, 4.69) is 61.3 Å². The highest BCUT2D eigenvalue weighted by Crippen LogP contribution is 2.23. The van der Waals surface area contributed by atoms with E-state index in [9.17, 15) is 0 Å². The van der Waals surface area contributed by atoms with Crippen LogP contribution in [0.25, 0.3) is 0 Å². The van der Waals surface area contributed by atoms with Crippen LogP contribution in [0.5, 0.6) is 0 Å². The summed E-state index contributed by atoms with van der Waals surface area (Å²) < 4.78 is 0. The molecule has 0 bridgehead atoms. The lowest BCUT2D eigenvalue weighted by Crippen LogP contribution is -2.37. The predicted molar refractivity (Wildman–Crippen MR) is 79.0 cm³/mol. The Morgan fingerprint density at radius 2 is 2.17 bits per heavy atom. The third-order valence-corrected chi connectivity index (χ3v) is 3.57. The van der Waals surface area contributed by atoms with Crippen LogP contribution in [0.1, 0.15) is 32.8 Å². The lowest BCUT2D eigenvalue weighted by atomic mass is 10.1. The second-order valence-corrected chi connectivity index (χ2v) is 5.30. The number of nitrogens with zero attached hydrogens (tertiary/aromatic N) is 1. The van der Waals surface area contributed by atoms with E-state index in [0.717, 1.165) is 19.6 Å². The van der Waals surface area contributed by atoms with Crippen molar-refractivity contribution in [3.8, 4) is 0 Å². The van der Waals surface area contributed by atoms with Crippen molar-refractivity contribution in [1.82, 2.24) is 5.32 Å². The first-order valence-electron chi connectivity index (χ1n) is 6.90. The zero-order valence-corrected chi connectivity index (χ0v) is 11.7. The molecular formula is C16H24N2. The third-order valence-electron chi connectivity index (χ3n) is 3.57. The predicted octanol–water partition coefficient (Wildman–Crippen LogP) is 3.34. The van der Waals surface area contributed by atoms with Crippen molar-refractivity contribution in [2.75, 3.05) is 18.0 Å². The molecule has 1 atom stereocenters. The summed E-state index contributed by atoms with van der Waals surface area (Å²) in [5.41, 5.74) is 4.19. The van der Waals surface area contributed by atoms with E-state index < -0.39 is 0 Å². The summed E-state index contributed by atoms with van der Waals surface area (Å²) in [6, 6.07) is 9.33. The van der Waals surface area contributed by atoms with Crippen molar-refractivity contribution in [2.45, 2.75) is 39.8 Å². The number of anilines is 1. The van der Waals surface area contributed by atoms with Gasteiger partial charge >= 0.3 is 0 Å². The highest BCUT2D eigenvalue weighted by atomic mass is 15.2. The van der Waals surface area contributed by atoms with Crippen LogP contribution in [0.2, 0.25) is 0 Å². The minimum atomic E-state index is 0.586. The van der Waals surface area contributed by atoms with Crippen LogP contribution in [0, 0.1) is 0 Å². The molecule has 2 heteroatoms. The minimum Gasteiger partial charge on any atom is -0.366 e.